The Balaban J connectivity index is 1.55. The molecule has 1 N–H and O–H groups in total. The van der Waals surface area contributed by atoms with Gasteiger partial charge in [0.05, 0.1) is 19.3 Å². The fourth-order valence-electron chi connectivity index (χ4n) is 4.28. The summed E-state index contributed by atoms with van der Waals surface area (Å²) in [6.45, 7) is 7.85. The molecule has 2 heterocycles. The quantitative estimate of drug-likeness (QED) is 0.815. The van der Waals surface area contributed by atoms with E-state index in [4.69, 9.17) is 9.47 Å². The van der Waals surface area contributed by atoms with Gasteiger partial charge in [-0.3, -0.25) is 9.59 Å². The molecule has 0 spiro atoms. The van der Waals surface area contributed by atoms with Crippen LogP contribution in [0.5, 0.6) is 11.5 Å². The van der Waals surface area contributed by atoms with Crippen LogP contribution in [-0.2, 0) is 11.2 Å². The van der Waals surface area contributed by atoms with Crippen LogP contribution in [0, 0.1) is 5.92 Å². The summed E-state index contributed by atoms with van der Waals surface area (Å²) in [4.78, 5) is 28.1. The zero-order chi connectivity index (χ0) is 22.0. The van der Waals surface area contributed by atoms with Crippen LogP contribution in [0.2, 0.25) is 0 Å². The summed E-state index contributed by atoms with van der Waals surface area (Å²) in [6.07, 6.45) is 1.61. The predicted molar refractivity (Wildman–Crippen MR) is 118 cm³/mol. The van der Waals surface area contributed by atoms with E-state index in [1.807, 2.05) is 49.9 Å². The number of hydrogen-bond donors (Lipinski definition) is 1. The lowest BCUT2D eigenvalue weighted by Gasteiger charge is -2.38. The molecule has 0 bridgehead atoms. The maximum Gasteiger partial charge on any atom is 0.251 e. The van der Waals surface area contributed by atoms with E-state index in [9.17, 15) is 9.59 Å². The number of rotatable bonds is 4. The molecule has 2 unspecified atom stereocenters. The molecule has 0 saturated carbocycles. The van der Waals surface area contributed by atoms with Crippen LogP contribution in [-0.4, -0.2) is 42.5 Å². The number of amides is 2. The molecular weight excluding hydrogens is 392 g/mol. The highest BCUT2D eigenvalue weighted by atomic mass is 16.5. The van der Waals surface area contributed by atoms with Crippen molar-refractivity contribution < 1.29 is 19.1 Å². The van der Waals surface area contributed by atoms with E-state index in [1.165, 1.54) is 5.56 Å². The zero-order valence-electron chi connectivity index (χ0n) is 18.4. The van der Waals surface area contributed by atoms with Gasteiger partial charge in [-0.2, -0.15) is 0 Å². The second-order valence-electron chi connectivity index (χ2n) is 8.57. The van der Waals surface area contributed by atoms with Crippen molar-refractivity contribution >= 4 is 11.8 Å². The Morgan fingerprint density at radius 3 is 2.42 bits per heavy atom. The lowest BCUT2D eigenvalue weighted by atomic mass is 9.91. The Bertz CT molecular complexity index is 957. The minimum absolute atomic E-state index is 0.0301. The molecule has 0 saturated heterocycles. The van der Waals surface area contributed by atoms with Gasteiger partial charge in [-0.25, -0.2) is 0 Å². The highest BCUT2D eigenvalue weighted by molar-refractivity contribution is 5.97. The van der Waals surface area contributed by atoms with Crippen LogP contribution in [0.3, 0.4) is 0 Å². The molecule has 0 radical (unpaired) electrons. The van der Waals surface area contributed by atoms with Crippen molar-refractivity contribution in [1.82, 2.24) is 10.2 Å². The van der Waals surface area contributed by atoms with Crippen LogP contribution in [0.4, 0.5) is 0 Å². The molecule has 0 aliphatic carbocycles. The molecule has 2 atom stereocenters. The summed E-state index contributed by atoms with van der Waals surface area (Å²) in [5.74, 6) is 1.23. The van der Waals surface area contributed by atoms with Crippen molar-refractivity contribution in [3.05, 3.63) is 59.2 Å². The third kappa shape index (κ3) is 4.38. The van der Waals surface area contributed by atoms with Crippen LogP contribution < -0.4 is 14.8 Å². The van der Waals surface area contributed by atoms with E-state index in [-0.39, 0.29) is 23.8 Å². The Morgan fingerprint density at radius 1 is 1.06 bits per heavy atom. The van der Waals surface area contributed by atoms with Gasteiger partial charge in [-0.1, -0.05) is 32.0 Å². The molecule has 0 fully saturated rings. The summed E-state index contributed by atoms with van der Waals surface area (Å²) < 4.78 is 11.7. The average Bonchev–Trinajstić information content (AvgIpc) is 3.01. The van der Waals surface area contributed by atoms with Gasteiger partial charge >= 0.3 is 0 Å². The summed E-state index contributed by atoms with van der Waals surface area (Å²) in [7, 11) is 0. The summed E-state index contributed by atoms with van der Waals surface area (Å²) in [5.41, 5.74) is 2.83. The first-order valence-electron chi connectivity index (χ1n) is 11.0. The van der Waals surface area contributed by atoms with Crippen molar-refractivity contribution in [3.8, 4) is 11.5 Å². The summed E-state index contributed by atoms with van der Waals surface area (Å²) in [6, 6.07) is 12.4. The SMILES string of the molecule is CC(C)C(NC(=O)c1ccccc1)C(=O)N1CCc2cc3c(cc2C1C)OCCCO3. The van der Waals surface area contributed by atoms with Gasteiger partial charge in [0.1, 0.15) is 6.04 Å². The molecule has 164 valence electrons. The molecule has 4 rings (SSSR count). The second-order valence-corrected chi connectivity index (χ2v) is 8.57. The highest BCUT2D eigenvalue weighted by Crippen LogP contribution is 2.39. The zero-order valence-corrected chi connectivity index (χ0v) is 18.4. The van der Waals surface area contributed by atoms with Gasteiger partial charge in [0.2, 0.25) is 5.91 Å². The third-order valence-corrected chi connectivity index (χ3v) is 6.09. The van der Waals surface area contributed by atoms with E-state index in [1.54, 1.807) is 12.1 Å². The second kappa shape index (κ2) is 9.00. The maximum atomic E-state index is 13.5. The van der Waals surface area contributed by atoms with Gasteiger partial charge in [-0.15, -0.1) is 0 Å². The van der Waals surface area contributed by atoms with E-state index in [0.29, 0.717) is 25.3 Å². The third-order valence-electron chi connectivity index (χ3n) is 6.09. The van der Waals surface area contributed by atoms with Gasteiger partial charge in [-0.05, 0) is 54.7 Å². The minimum Gasteiger partial charge on any atom is -0.490 e. The maximum absolute atomic E-state index is 13.5. The lowest BCUT2D eigenvalue weighted by Crippen LogP contribution is -2.53. The number of benzene rings is 2. The number of carbonyl (C=O) groups is 2. The van der Waals surface area contributed by atoms with E-state index < -0.39 is 6.04 Å². The lowest BCUT2D eigenvalue weighted by molar-refractivity contribution is -0.137. The molecule has 0 aromatic heterocycles. The van der Waals surface area contributed by atoms with Crippen molar-refractivity contribution in [2.45, 2.75) is 45.7 Å². The fraction of sp³-hybridized carbons (Fsp3) is 0.440. The number of nitrogens with one attached hydrogen (secondary N) is 1. The molecule has 6 heteroatoms. The Morgan fingerprint density at radius 2 is 1.74 bits per heavy atom. The van der Waals surface area contributed by atoms with Gasteiger partial charge in [0.15, 0.2) is 11.5 Å². The number of nitrogens with zero attached hydrogens (tertiary/aromatic N) is 1. The molecule has 2 amide bonds. The van der Waals surface area contributed by atoms with Crippen molar-refractivity contribution in [2.75, 3.05) is 19.8 Å². The topological polar surface area (TPSA) is 67.9 Å². The van der Waals surface area contributed by atoms with Crippen LogP contribution >= 0.6 is 0 Å². The molecule has 2 aromatic carbocycles. The molecule has 6 nitrogen and oxygen atoms in total. The van der Waals surface area contributed by atoms with E-state index >= 15 is 0 Å². The number of fused-ring (bicyclic) bond motifs is 2. The normalized spacial score (nSPS) is 18.7. The Kier molecular flexibility index (Phi) is 6.16. The molecular formula is C25H30N2O4. The standard InChI is InChI=1S/C25H30N2O4/c1-16(2)23(26-24(28)18-8-5-4-6-9-18)25(29)27-11-10-19-14-21-22(15-20(19)17(27)3)31-13-7-12-30-21/h4-6,8-9,14-17,23H,7,10-13H2,1-3H3,(H,26,28). The number of ether oxygens (including phenoxy) is 2. The summed E-state index contributed by atoms with van der Waals surface area (Å²) in [5, 5.41) is 2.96. The molecule has 2 aliphatic heterocycles. The average molecular weight is 423 g/mol. The highest BCUT2D eigenvalue weighted by Gasteiger charge is 2.35. The van der Waals surface area contributed by atoms with E-state index in [0.717, 1.165) is 29.9 Å². The summed E-state index contributed by atoms with van der Waals surface area (Å²) >= 11 is 0. The molecule has 2 aromatic rings. The Hall–Kier alpha value is -3.02. The first kappa shape index (κ1) is 21.2. The van der Waals surface area contributed by atoms with Crippen molar-refractivity contribution in [3.63, 3.8) is 0 Å². The Labute approximate surface area is 183 Å². The predicted octanol–water partition coefficient (Wildman–Crippen LogP) is 3.75. The smallest absolute Gasteiger partial charge is 0.251 e. The fourth-order valence-corrected chi connectivity index (χ4v) is 4.28. The monoisotopic (exact) mass is 422 g/mol. The van der Waals surface area contributed by atoms with E-state index in [2.05, 4.69) is 11.4 Å². The van der Waals surface area contributed by atoms with Gasteiger partial charge in [0, 0.05) is 18.5 Å². The van der Waals surface area contributed by atoms with Gasteiger partial charge < -0.3 is 19.7 Å². The first-order chi connectivity index (χ1) is 15.0. The first-order valence-corrected chi connectivity index (χ1v) is 11.0. The largest absolute Gasteiger partial charge is 0.490 e. The van der Waals surface area contributed by atoms with Crippen molar-refractivity contribution in [1.29, 1.82) is 0 Å². The number of carbonyl (C=O) groups excluding carboxylic acids is 2. The van der Waals surface area contributed by atoms with Gasteiger partial charge in [0.25, 0.3) is 5.91 Å². The van der Waals surface area contributed by atoms with Crippen LogP contribution in [0.15, 0.2) is 42.5 Å². The minimum atomic E-state index is -0.586. The molecule has 2 aliphatic rings. The van der Waals surface area contributed by atoms with Crippen LogP contribution in [0.1, 0.15) is 54.7 Å². The molecule has 31 heavy (non-hydrogen) atoms. The number of hydrogen-bond acceptors (Lipinski definition) is 4. The van der Waals surface area contributed by atoms with Crippen molar-refractivity contribution in [2.24, 2.45) is 5.92 Å². The van der Waals surface area contributed by atoms with Crippen LogP contribution in [0.25, 0.3) is 0 Å².